The molecule has 1 rings (SSSR count). The van der Waals surface area contributed by atoms with Gasteiger partial charge in [0.2, 0.25) is 0 Å². The molecule has 0 saturated carbocycles. The first-order valence-corrected chi connectivity index (χ1v) is 22.3. The van der Waals surface area contributed by atoms with Gasteiger partial charge in [-0.2, -0.15) is 0 Å². The fraction of sp³-hybridized carbons (Fsp3) is 0.792. The molecule has 0 aliphatic rings. The molecular formula is C24H47NSiSn. The van der Waals surface area contributed by atoms with Crippen molar-refractivity contribution in [2.75, 3.05) is 0 Å². The summed E-state index contributed by atoms with van der Waals surface area (Å²) in [6.45, 7) is 19.4. The Bertz CT molecular complexity index is 526. The van der Waals surface area contributed by atoms with Crippen molar-refractivity contribution in [3.05, 3.63) is 23.9 Å². The van der Waals surface area contributed by atoms with Crippen molar-refractivity contribution >= 4 is 30.2 Å². The summed E-state index contributed by atoms with van der Waals surface area (Å²) in [6.07, 6.45) is 8.24. The molecule has 0 spiro atoms. The van der Waals surface area contributed by atoms with Gasteiger partial charge < -0.3 is 0 Å². The quantitative estimate of drug-likeness (QED) is 0.270. The molecular weight excluding hydrogens is 449 g/mol. The van der Waals surface area contributed by atoms with Crippen molar-refractivity contribution in [2.24, 2.45) is 0 Å². The second kappa shape index (κ2) is 11.4. The van der Waals surface area contributed by atoms with E-state index in [2.05, 4.69) is 72.8 Å². The summed E-state index contributed by atoms with van der Waals surface area (Å²) in [4.78, 5) is 5.43. The summed E-state index contributed by atoms with van der Waals surface area (Å²) >= 11 is -2.39. The summed E-state index contributed by atoms with van der Waals surface area (Å²) < 4.78 is 6.15. The molecule has 0 saturated heterocycles. The molecule has 0 radical (unpaired) electrons. The average molecular weight is 496 g/mol. The van der Waals surface area contributed by atoms with Crippen LogP contribution in [0, 0.1) is 0 Å². The van der Waals surface area contributed by atoms with Crippen LogP contribution >= 0.6 is 0 Å². The van der Waals surface area contributed by atoms with Crippen LogP contribution < -0.4 is 3.71 Å². The van der Waals surface area contributed by atoms with Gasteiger partial charge in [-0.3, -0.25) is 0 Å². The van der Waals surface area contributed by atoms with E-state index in [1.807, 2.05) is 0 Å². The molecule has 0 bridgehead atoms. The molecule has 0 fully saturated rings. The van der Waals surface area contributed by atoms with Crippen LogP contribution in [0.4, 0.5) is 0 Å². The van der Waals surface area contributed by atoms with Crippen molar-refractivity contribution in [2.45, 2.75) is 118 Å². The van der Waals surface area contributed by atoms with Gasteiger partial charge in [0.05, 0.1) is 0 Å². The van der Waals surface area contributed by atoms with Gasteiger partial charge >= 0.3 is 177 Å². The second-order valence-corrected chi connectivity index (χ2v) is 29.1. The predicted molar refractivity (Wildman–Crippen MR) is 130 cm³/mol. The molecule has 156 valence electrons. The number of unbranched alkanes of at least 4 members (excludes halogenated alkanes) is 3. The minimum absolute atomic E-state index is 0.428. The van der Waals surface area contributed by atoms with Crippen molar-refractivity contribution in [1.29, 1.82) is 0 Å². The van der Waals surface area contributed by atoms with Crippen LogP contribution in [-0.2, 0) is 6.04 Å². The van der Waals surface area contributed by atoms with E-state index in [0.29, 0.717) is 5.04 Å². The third-order valence-corrected chi connectivity index (χ3v) is 27.5. The summed E-state index contributed by atoms with van der Waals surface area (Å²) in [6, 6.07) is 8.33. The zero-order valence-electron chi connectivity index (χ0n) is 19.8. The van der Waals surface area contributed by atoms with Crippen molar-refractivity contribution in [3.8, 4) is 0 Å². The average Bonchev–Trinajstić information content (AvgIpc) is 2.60. The first-order chi connectivity index (χ1) is 12.6. The molecule has 0 aromatic carbocycles. The van der Waals surface area contributed by atoms with Crippen LogP contribution in [-0.4, -0.2) is 31.4 Å². The topological polar surface area (TPSA) is 12.9 Å². The molecule has 0 aliphatic carbocycles. The molecule has 3 heteroatoms. The van der Waals surface area contributed by atoms with E-state index in [9.17, 15) is 0 Å². The minimum atomic E-state index is -2.39. The Labute approximate surface area is 176 Å². The van der Waals surface area contributed by atoms with Crippen LogP contribution in [0.2, 0.25) is 31.4 Å². The SMILES string of the molecule is CCC[CH2][Sn]([CH2]CCC)([CH2]CCC)[c]1cccc(C[Si](C)(C)C(C)(C)C)n1. The van der Waals surface area contributed by atoms with E-state index in [4.69, 9.17) is 4.98 Å². The van der Waals surface area contributed by atoms with Gasteiger partial charge in [0.15, 0.2) is 0 Å². The zero-order chi connectivity index (χ0) is 20.6. The van der Waals surface area contributed by atoms with Gasteiger partial charge in [-0.1, -0.05) is 0 Å². The van der Waals surface area contributed by atoms with Gasteiger partial charge in [0.25, 0.3) is 0 Å². The van der Waals surface area contributed by atoms with Gasteiger partial charge in [0, 0.05) is 0 Å². The zero-order valence-corrected chi connectivity index (χ0v) is 23.6. The van der Waals surface area contributed by atoms with E-state index in [1.165, 1.54) is 63.6 Å². The first-order valence-electron chi connectivity index (χ1n) is 11.6. The number of aromatic nitrogens is 1. The predicted octanol–water partition coefficient (Wildman–Crippen LogP) is 7.73. The molecule has 0 unspecified atom stereocenters. The standard InChI is InChI=1S/C12H20NSi.3C4H9.Sn/c1-12(2,3)14(4,5)10-11-8-6-7-9-13-11;3*1-3-4-2;/h6-8H,10H2,1-5H3;3*1,3-4H2,2H3;. The molecule has 1 nitrogen and oxygen atoms in total. The second-order valence-electron chi connectivity index (χ2n) is 10.4. The molecule has 27 heavy (non-hydrogen) atoms. The molecule has 0 N–H and O–H groups in total. The fourth-order valence-electron chi connectivity index (χ4n) is 3.90. The molecule has 1 aromatic heterocycles. The molecule has 0 atom stereocenters. The summed E-state index contributed by atoms with van der Waals surface area (Å²) in [5.41, 5.74) is 1.39. The Kier molecular flexibility index (Phi) is 10.6. The van der Waals surface area contributed by atoms with E-state index < -0.39 is 26.5 Å². The Morgan fingerprint density at radius 3 is 1.74 bits per heavy atom. The van der Waals surface area contributed by atoms with Crippen LogP contribution in [0.5, 0.6) is 0 Å². The normalized spacial score (nSPS) is 13.2. The summed E-state index contributed by atoms with van der Waals surface area (Å²) in [5.74, 6) is 0. The maximum atomic E-state index is 5.43. The number of hydrogen-bond donors (Lipinski definition) is 0. The maximum absolute atomic E-state index is 5.43. The van der Waals surface area contributed by atoms with Gasteiger partial charge in [0.1, 0.15) is 0 Å². The van der Waals surface area contributed by atoms with Crippen LogP contribution in [0.3, 0.4) is 0 Å². The Morgan fingerprint density at radius 1 is 0.852 bits per heavy atom. The first kappa shape index (κ1) is 25.2. The third kappa shape index (κ3) is 7.49. The molecule has 1 aromatic rings. The van der Waals surface area contributed by atoms with E-state index in [0.717, 1.165) is 0 Å². The van der Waals surface area contributed by atoms with Crippen molar-refractivity contribution in [3.63, 3.8) is 0 Å². The molecule has 0 aliphatic heterocycles. The number of rotatable bonds is 12. The number of nitrogens with zero attached hydrogens (tertiary/aromatic N) is 1. The van der Waals surface area contributed by atoms with E-state index in [-0.39, 0.29) is 0 Å². The summed E-state index contributed by atoms with van der Waals surface area (Å²) in [5, 5.41) is 0.428. The van der Waals surface area contributed by atoms with Crippen LogP contribution in [0.25, 0.3) is 0 Å². The van der Waals surface area contributed by atoms with Crippen LogP contribution in [0.15, 0.2) is 18.2 Å². The fourth-order valence-corrected chi connectivity index (χ4v) is 21.1. The Morgan fingerprint density at radius 2 is 1.33 bits per heavy atom. The third-order valence-electron chi connectivity index (χ3n) is 7.03. The van der Waals surface area contributed by atoms with Gasteiger partial charge in [-0.15, -0.1) is 0 Å². The Hall–Kier alpha value is 0.166. The van der Waals surface area contributed by atoms with Crippen molar-refractivity contribution < 1.29 is 0 Å². The molecule has 0 amide bonds. The van der Waals surface area contributed by atoms with Crippen LogP contribution in [0.1, 0.15) is 85.8 Å². The summed E-state index contributed by atoms with van der Waals surface area (Å²) in [7, 11) is -1.34. The van der Waals surface area contributed by atoms with Gasteiger partial charge in [-0.25, -0.2) is 0 Å². The van der Waals surface area contributed by atoms with E-state index in [1.54, 1.807) is 3.71 Å². The van der Waals surface area contributed by atoms with Gasteiger partial charge in [-0.05, 0) is 0 Å². The van der Waals surface area contributed by atoms with E-state index >= 15 is 0 Å². The number of pyridine rings is 1. The number of hydrogen-bond acceptors (Lipinski definition) is 1. The molecule has 1 heterocycles. The monoisotopic (exact) mass is 497 g/mol. The Balaban J connectivity index is 3.24. The van der Waals surface area contributed by atoms with Crippen molar-refractivity contribution in [1.82, 2.24) is 4.98 Å².